The lowest BCUT2D eigenvalue weighted by molar-refractivity contribution is 0.302. The van der Waals surface area contributed by atoms with Crippen LogP contribution in [0.15, 0.2) is 18.2 Å². The Hall–Kier alpha value is -0.600. The summed E-state index contributed by atoms with van der Waals surface area (Å²) in [6.45, 7) is 5.46. The molecule has 0 aromatic heterocycles. The van der Waals surface area contributed by atoms with Gasteiger partial charge in [0.1, 0.15) is 5.82 Å². The van der Waals surface area contributed by atoms with Crippen LogP contribution in [-0.4, -0.2) is 6.54 Å². The maximum atomic E-state index is 13.1. The summed E-state index contributed by atoms with van der Waals surface area (Å²) in [6.07, 6.45) is 5.29. The fraction of sp³-hybridized carbons (Fsp3) is 0.600. The van der Waals surface area contributed by atoms with Crippen molar-refractivity contribution in [2.75, 3.05) is 6.54 Å². The SMILES string of the molecule is CC(NCC1(C)CCCC1)c1ccc(F)c(Cl)c1. The lowest BCUT2D eigenvalue weighted by atomic mass is 9.88. The van der Waals surface area contributed by atoms with E-state index in [1.807, 2.05) is 0 Å². The maximum Gasteiger partial charge on any atom is 0.141 e. The van der Waals surface area contributed by atoms with E-state index >= 15 is 0 Å². The van der Waals surface area contributed by atoms with E-state index in [1.54, 1.807) is 12.1 Å². The highest BCUT2D eigenvalue weighted by atomic mass is 35.5. The topological polar surface area (TPSA) is 12.0 Å². The molecule has 0 bridgehead atoms. The monoisotopic (exact) mass is 269 g/mol. The van der Waals surface area contributed by atoms with Crippen molar-refractivity contribution in [1.29, 1.82) is 0 Å². The fourth-order valence-electron chi connectivity index (χ4n) is 2.70. The molecule has 0 spiro atoms. The summed E-state index contributed by atoms with van der Waals surface area (Å²) < 4.78 is 13.1. The number of hydrogen-bond acceptors (Lipinski definition) is 1. The molecular formula is C15H21ClFN. The van der Waals surface area contributed by atoms with Crippen molar-refractivity contribution in [1.82, 2.24) is 5.32 Å². The largest absolute Gasteiger partial charge is 0.310 e. The van der Waals surface area contributed by atoms with Gasteiger partial charge in [0.05, 0.1) is 5.02 Å². The molecule has 1 fully saturated rings. The molecule has 1 aromatic rings. The molecule has 0 saturated heterocycles. The quantitative estimate of drug-likeness (QED) is 0.835. The second kappa shape index (κ2) is 5.58. The number of hydrogen-bond donors (Lipinski definition) is 1. The van der Waals surface area contributed by atoms with Crippen molar-refractivity contribution in [2.24, 2.45) is 5.41 Å². The van der Waals surface area contributed by atoms with Crippen LogP contribution < -0.4 is 5.32 Å². The van der Waals surface area contributed by atoms with Crippen molar-refractivity contribution < 1.29 is 4.39 Å². The third kappa shape index (κ3) is 3.24. The van der Waals surface area contributed by atoms with Gasteiger partial charge in [-0.3, -0.25) is 0 Å². The Morgan fingerprint density at radius 1 is 1.39 bits per heavy atom. The molecule has 1 atom stereocenters. The van der Waals surface area contributed by atoms with Crippen LogP contribution in [0.3, 0.4) is 0 Å². The van der Waals surface area contributed by atoms with Gasteiger partial charge < -0.3 is 5.32 Å². The van der Waals surface area contributed by atoms with Crippen LogP contribution in [0.5, 0.6) is 0 Å². The summed E-state index contributed by atoms with van der Waals surface area (Å²) >= 11 is 5.81. The molecule has 1 nitrogen and oxygen atoms in total. The third-order valence-corrected chi connectivity index (χ3v) is 4.38. The second-order valence-electron chi connectivity index (χ2n) is 5.79. The molecule has 3 heteroatoms. The van der Waals surface area contributed by atoms with Gasteiger partial charge in [-0.2, -0.15) is 0 Å². The van der Waals surface area contributed by atoms with E-state index in [1.165, 1.54) is 31.7 Å². The van der Waals surface area contributed by atoms with E-state index in [-0.39, 0.29) is 16.9 Å². The first-order chi connectivity index (χ1) is 8.50. The first-order valence-electron chi connectivity index (χ1n) is 6.68. The molecule has 1 unspecified atom stereocenters. The smallest absolute Gasteiger partial charge is 0.141 e. The predicted octanol–water partition coefficient (Wildman–Crippen LogP) is 4.71. The molecule has 1 aliphatic carbocycles. The molecule has 18 heavy (non-hydrogen) atoms. The van der Waals surface area contributed by atoms with Gasteiger partial charge in [0.15, 0.2) is 0 Å². The molecule has 1 N–H and O–H groups in total. The Morgan fingerprint density at radius 2 is 2.06 bits per heavy atom. The second-order valence-corrected chi connectivity index (χ2v) is 6.20. The van der Waals surface area contributed by atoms with E-state index in [0.717, 1.165) is 12.1 Å². The molecule has 1 saturated carbocycles. The first kappa shape index (κ1) is 13.8. The lowest BCUT2D eigenvalue weighted by Gasteiger charge is -2.26. The van der Waals surface area contributed by atoms with Gasteiger partial charge in [-0.25, -0.2) is 4.39 Å². The third-order valence-electron chi connectivity index (χ3n) is 4.09. The lowest BCUT2D eigenvalue weighted by Crippen LogP contribution is -2.31. The number of halogens is 2. The van der Waals surface area contributed by atoms with E-state index in [4.69, 9.17) is 11.6 Å². The Bertz CT molecular complexity index is 413. The average Bonchev–Trinajstić information content (AvgIpc) is 2.77. The van der Waals surface area contributed by atoms with Crippen molar-refractivity contribution in [3.05, 3.63) is 34.6 Å². The molecule has 100 valence electrons. The minimum Gasteiger partial charge on any atom is -0.310 e. The summed E-state index contributed by atoms with van der Waals surface area (Å²) in [5.41, 5.74) is 1.47. The van der Waals surface area contributed by atoms with Crippen LogP contribution in [0.25, 0.3) is 0 Å². The molecular weight excluding hydrogens is 249 g/mol. The Balaban J connectivity index is 1.94. The molecule has 0 radical (unpaired) electrons. The normalized spacial score (nSPS) is 20.0. The predicted molar refractivity (Wildman–Crippen MR) is 74.4 cm³/mol. The van der Waals surface area contributed by atoms with Gasteiger partial charge in [0.25, 0.3) is 0 Å². The van der Waals surface area contributed by atoms with Crippen molar-refractivity contribution in [3.8, 4) is 0 Å². The minimum atomic E-state index is -0.352. The summed E-state index contributed by atoms with van der Waals surface area (Å²) in [6, 6.07) is 5.16. The zero-order chi connectivity index (χ0) is 13.2. The van der Waals surface area contributed by atoms with Gasteiger partial charge in [-0.15, -0.1) is 0 Å². The van der Waals surface area contributed by atoms with Crippen LogP contribution >= 0.6 is 11.6 Å². The van der Waals surface area contributed by atoms with E-state index < -0.39 is 0 Å². The summed E-state index contributed by atoms with van der Waals surface area (Å²) in [4.78, 5) is 0. The Labute approximate surface area is 114 Å². The zero-order valence-electron chi connectivity index (χ0n) is 11.1. The van der Waals surface area contributed by atoms with Gasteiger partial charge in [-0.05, 0) is 42.9 Å². The van der Waals surface area contributed by atoms with E-state index in [2.05, 4.69) is 19.2 Å². The highest BCUT2D eigenvalue weighted by Crippen LogP contribution is 2.37. The first-order valence-corrected chi connectivity index (χ1v) is 7.06. The van der Waals surface area contributed by atoms with Crippen LogP contribution in [0.1, 0.15) is 51.1 Å². The Kier molecular flexibility index (Phi) is 4.29. The molecule has 0 amide bonds. The molecule has 0 heterocycles. The highest BCUT2D eigenvalue weighted by Gasteiger charge is 2.28. The summed E-state index contributed by atoms with van der Waals surface area (Å²) in [7, 11) is 0. The minimum absolute atomic E-state index is 0.202. The summed E-state index contributed by atoms with van der Waals surface area (Å²) in [5.74, 6) is -0.352. The molecule has 2 rings (SSSR count). The molecule has 1 aliphatic rings. The van der Waals surface area contributed by atoms with Gasteiger partial charge >= 0.3 is 0 Å². The highest BCUT2D eigenvalue weighted by molar-refractivity contribution is 6.30. The van der Waals surface area contributed by atoms with Crippen LogP contribution in [0, 0.1) is 11.2 Å². The van der Waals surface area contributed by atoms with Gasteiger partial charge in [0, 0.05) is 12.6 Å². The number of rotatable bonds is 4. The van der Waals surface area contributed by atoms with Crippen LogP contribution in [0.2, 0.25) is 5.02 Å². The number of nitrogens with one attached hydrogen (secondary N) is 1. The van der Waals surface area contributed by atoms with E-state index in [9.17, 15) is 4.39 Å². The van der Waals surface area contributed by atoms with Gasteiger partial charge in [0.2, 0.25) is 0 Å². The fourth-order valence-corrected chi connectivity index (χ4v) is 2.89. The van der Waals surface area contributed by atoms with E-state index in [0.29, 0.717) is 5.41 Å². The van der Waals surface area contributed by atoms with Crippen molar-refractivity contribution in [2.45, 2.75) is 45.6 Å². The van der Waals surface area contributed by atoms with Crippen molar-refractivity contribution in [3.63, 3.8) is 0 Å². The average molecular weight is 270 g/mol. The number of benzene rings is 1. The molecule has 1 aromatic carbocycles. The van der Waals surface area contributed by atoms with Crippen LogP contribution in [-0.2, 0) is 0 Å². The zero-order valence-corrected chi connectivity index (χ0v) is 11.9. The maximum absolute atomic E-state index is 13.1. The van der Waals surface area contributed by atoms with Crippen LogP contribution in [0.4, 0.5) is 4.39 Å². The molecule has 0 aliphatic heterocycles. The Morgan fingerprint density at radius 3 is 2.67 bits per heavy atom. The standard InChI is InChI=1S/C15H21ClFN/c1-11(12-5-6-14(17)13(16)9-12)18-10-15(2)7-3-4-8-15/h5-6,9,11,18H,3-4,7-8,10H2,1-2H3. The van der Waals surface area contributed by atoms with Gasteiger partial charge in [-0.1, -0.05) is 37.4 Å². The summed E-state index contributed by atoms with van der Waals surface area (Å²) in [5, 5.41) is 3.75. The van der Waals surface area contributed by atoms with Crippen molar-refractivity contribution >= 4 is 11.6 Å².